The lowest BCUT2D eigenvalue weighted by molar-refractivity contribution is 0.719. The van der Waals surface area contributed by atoms with E-state index in [2.05, 4.69) is 43.6 Å². The third-order valence-electron chi connectivity index (χ3n) is 3.61. The summed E-state index contributed by atoms with van der Waals surface area (Å²) in [7, 11) is 0. The highest BCUT2D eigenvalue weighted by Gasteiger charge is 2.08. The monoisotopic (exact) mass is 314 g/mol. The van der Waals surface area contributed by atoms with Gasteiger partial charge in [0, 0.05) is 18.6 Å². The molecule has 116 valence electrons. The van der Waals surface area contributed by atoms with Crippen molar-refractivity contribution in [1.29, 1.82) is 0 Å². The van der Waals surface area contributed by atoms with E-state index in [4.69, 9.17) is 0 Å². The summed E-state index contributed by atoms with van der Waals surface area (Å²) in [5.41, 5.74) is 3.95. The van der Waals surface area contributed by atoms with Gasteiger partial charge in [-0.25, -0.2) is 0 Å². The minimum absolute atomic E-state index is 0.509. The van der Waals surface area contributed by atoms with Gasteiger partial charge in [0.25, 0.3) is 0 Å². The summed E-state index contributed by atoms with van der Waals surface area (Å²) in [5, 5.41) is 12.6. The number of pyridine rings is 2. The van der Waals surface area contributed by atoms with Crippen molar-refractivity contribution in [3.05, 3.63) is 84.3 Å². The highest BCUT2D eigenvalue weighted by atomic mass is 15.6. The van der Waals surface area contributed by atoms with Crippen LogP contribution in [0.2, 0.25) is 0 Å². The van der Waals surface area contributed by atoms with Crippen molar-refractivity contribution >= 4 is 0 Å². The van der Waals surface area contributed by atoms with Crippen LogP contribution in [0, 0.1) is 0 Å². The third kappa shape index (κ3) is 3.03. The first-order valence-electron chi connectivity index (χ1n) is 7.58. The van der Waals surface area contributed by atoms with E-state index in [1.807, 2.05) is 42.6 Å². The fraction of sp³-hybridized carbons (Fsp3) is 0.0556. The lowest BCUT2D eigenvalue weighted by atomic mass is 10.1. The van der Waals surface area contributed by atoms with Crippen molar-refractivity contribution in [2.75, 3.05) is 0 Å². The van der Waals surface area contributed by atoms with Crippen LogP contribution in [0.1, 0.15) is 11.1 Å². The lowest BCUT2D eigenvalue weighted by Crippen LogP contribution is -1.99. The molecular formula is C18H14N6. The van der Waals surface area contributed by atoms with Gasteiger partial charge in [-0.05, 0) is 53.1 Å². The second-order valence-electron chi connectivity index (χ2n) is 5.32. The fourth-order valence-corrected chi connectivity index (χ4v) is 2.41. The van der Waals surface area contributed by atoms with Crippen molar-refractivity contribution in [3.8, 4) is 17.2 Å². The molecule has 0 amide bonds. The zero-order valence-electron chi connectivity index (χ0n) is 12.8. The lowest BCUT2D eigenvalue weighted by Gasteiger charge is -2.03. The SMILES string of the molecule is c1ccc(-c2nnn(-c3ccc(Cc4cccnc4)cc3)n2)nc1. The van der Waals surface area contributed by atoms with Gasteiger partial charge in [0.1, 0.15) is 5.69 Å². The van der Waals surface area contributed by atoms with Crippen LogP contribution in [0.4, 0.5) is 0 Å². The number of rotatable bonds is 4. The maximum Gasteiger partial charge on any atom is 0.223 e. The first kappa shape index (κ1) is 14.2. The molecule has 0 aliphatic heterocycles. The summed E-state index contributed by atoms with van der Waals surface area (Å²) in [6, 6.07) is 17.7. The summed E-state index contributed by atoms with van der Waals surface area (Å²) in [5.74, 6) is 0.509. The number of hydrogen-bond acceptors (Lipinski definition) is 5. The predicted octanol–water partition coefficient (Wildman–Crippen LogP) is 2.71. The van der Waals surface area contributed by atoms with Crippen LogP contribution in [-0.2, 0) is 6.42 Å². The van der Waals surface area contributed by atoms with E-state index < -0.39 is 0 Å². The molecule has 0 radical (unpaired) electrons. The summed E-state index contributed by atoms with van der Waals surface area (Å²) in [6.45, 7) is 0. The molecule has 3 aromatic heterocycles. The maximum atomic E-state index is 4.39. The van der Waals surface area contributed by atoms with Gasteiger partial charge in [-0.3, -0.25) is 9.97 Å². The van der Waals surface area contributed by atoms with E-state index in [-0.39, 0.29) is 0 Å². The molecule has 0 N–H and O–H groups in total. The average Bonchev–Trinajstić information content (AvgIpc) is 3.14. The van der Waals surface area contributed by atoms with Gasteiger partial charge in [-0.15, -0.1) is 15.0 Å². The van der Waals surface area contributed by atoms with E-state index in [0.29, 0.717) is 11.5 Å². The number of tetrazole rings is 1. The molecule has 0 aliphatic rings. The Labute approximate surface area is 138 Å². The Morgan fingerprint density at radius 3 is 2.50 bits per heavy atom. The van der Waals surface area contributed by atoms with Gasteiger partial charge in [-0.2, -0.15) is 0 Å². The second kappa shape index (κ2) is 6.37. The molecule has 0 aliphatic carbocycles. The normalized spacial score (nSPS) is 10.7. The van der Waals surface area contributed by atoms with E-state index in [1.165, 1.54) is 15.9 Å². The quantitative estimate of drug-likeness (QED) is 0.579. The first-order chi connectivity index (χ1) is 11.9. The third-order valence-corrected chi connectivity index (χ3v) is 3.61. The molecule has 0 atom stereocenters. The fourth-order valence-electron chi connectivity index (χ4n) is 2.41. The smallest absolute Gasteiger partial charge is 0.223 e. The molecular weight excluding hydrogens is 300 g/mol. The standard InChI is InChI=1S/C18H14N6/c1-2-11-20-17(5-1)18-21-23-24(22-18)16-8-6-14(7-9-16)12-15-4-3-10-19-13-15/h1-11,13H,12H2. The number of benzene rings is 1. The Balaban J connectivity index is 1.54. The molecule has 0 spiro atoms. The van der Waals surface area contributed by atoms with Crippen molar-refractivity contribution < 1.29 is 0 Å². The Morgan fingerprint density at radius 2 is 1.75 bits per heavy atom. The van der Waals surface area contributed by atoms with E-state index >= 15 is 0 Å². The second-order valence-corrected chi connectivity index (χ2v) is 5.32. The zero-order valence-corrected chi connectivity index (χ0v) is 12.8. The van der Waals surface area contributed by atoms with Crippen LogP contribution < -0.4 is 0 Å². The minimum atomic E-state index is 0.509. The van der Waals surface area contributed by atoms with Gasteiger partial charge >= 0.3 is 0 Å². The highest BCUT2D eigenvalue weighted by molar-refractivity contribution is 5.47. The predicted molar refractivity (Wildman–Crippen MR) is 89.4 cm³/mol. The topological polar surface area (TPSA) is 69.4 Å². The van der Waals surface area contributed by atoms with Gasteiger partial charge in [-0.1, -0.05) is 24.3 Å². The first-order valence-corrected chi connectivity index (χ1v) is 7.58. The summed E-state index contributed by atoms with van der Waals surface area (Å²) >= 11 is 0. The molecule has 24 heavy (non-hydrogen) atoms. The molecule has 6 heteroatoms. The molecule has 4 aromatic rings. The van der Waals surface area contributed by atoms with Crippen molar-refractivity contribution in [2.24, 2.45) is 0 Å². The van der Waals surface area contributed by atoms with E-state index in [0.717, 1.165) is 12.1 Å². The summed E-state index contributed by atoms with van der Waals surface area (Å²) in [6.07, 6.45) is 6.22. The van der Waals surface area contributed by atoms with Gasteiger partial charge in [0.15, 0.2) is 0 Å². The minimum Gasteiger partial charge on any atom is -0.264 e. The van der Waals surface area contributed by atoms with Crippen LogP contribution >= 0.6 is 0 Å². The van der Waals surface area contributed by atoms with Crippen LogP contribution in [0.3, 0.4) is 0 Å². The van der Waals surface area contributed by atoms with Crippen molar-refractivity contribution in [2.45, 2.75) is 6.42 Å². The average molecular weight is 314 g/mol. The Hall–Kier alpha value is -3.41. The van der Waals surface area contributed by atoms with Crippen LogP contribution in [0.25, 0.3) is 17.2 Å². The number of nitrogens with zero attached hydrogens (tertiary/aromatic N) is 6. The molecule has 0 bridgehead atoms. The molecule has 1 aromatic carbocycles. The van der Waals surface area contributed by atoms with Gasteiger partial charge < -0.3 is 0 Å². The number of aromatic nitrogens is 6. The Bertz CT molecular complexity index is 917. The molecule has 4 rings (SSSR count). The molecule has 0 unspecified atom stereocenters. The Kier molecular flexibility index (Phi) is 3.77. The zero-order chi connectivity index (χ0) is 16.2. The molecule has 0 fully saturated rings. The van der Waals surface area contributed by atoms with Crippen LogP contribution in [0.5, 0.6) is 0 Å². The molecule has 6 nitrogen and oxygen atoms in total. The summed E-state index contributed by atoms with van der Waals surface area (Å²) in [4.78, 5) is 9.88. The van der Waals surface area contributed by atoms with Crippen LogP contribution in [0.15, 0.2) is 73.2 Å². The maximum absolute atomic E-state index is 4.39. The number of hydrogen-bond donors (Lipinski definition) is 0. The Morgan fingerprint density at radius 1 is 0.833 bits per heavy atom. The molecule has 0 saturated heterocycles. The largest absolute Gasteiger partial charge is 0.264 e. The van der Waals surface area contributed by atoms with Gasteiger partial charge in [0.05, 0.1) is 5.69 Å². The van der Waals surface area contributed by atoms with E-state index in [1.54, 1.807) is 12.4 Å². The van der Waals surface area contributed by atoms with Gasteiger partial charge in [0.2, 0.25) is 5.82 Å². The van der Waals surface area contributed by atoms with Crippen molar-refractivity contribution in [3.63, 3.8) is 0 Å². The van der Waals surface area contributed by atoms with Crippen LogP contribution in [-0.4, -0.2) is 30.2 Å². The van der Waals surface area contributed by atoms with E-state index in [9.17, 15) is 0 Å². The molecule has 3 heterocycles. The van der Waals surface area contributed by atoms with Crippen molar-refractivity contribution in [1.82, 2.24) is 30.2 Å². The highest BCUT2D eigenvalue weighted by Crippen LogP contribution is 2.14. The molecule has 0 saturated carbocycles. The summed E-state index contributed by atoms with van der Waals surface area (Å²) < 4.78 is 0.